The van der Waals surface area contributed by atoms with E-state index in [1.807, 2.05) is 24.3 Å². The molecule has 0 heterocycles. The van der Waals surface area contributed by atoms with E-state index < -0.39 is 6.09 Å². The van der Waals surface area contributed by atoms with Crippen LogP contribution < -0.4 is 21.6 Å². The second-order valence-corrected chi connectivity index (χ2v) is 4.99. The predicted molar refractivity (Wildman–Crippen MR) is 88.8 cm³/mol. The van der Waals surface area contributed by atoms with Crippen molar-refractivity contribution in [3.63, 3.8) is 0 Å². The highest BCUT2D eigenvalue weighted by atomic mass is 32.1. The Balaban J connectivity index is 2.81. The van der Waals surface area contributed by atoms with Crippen LogP contribution in [-0.4, -0.2) is 30.1 Å². The van der Waals surface area contributed by atoms with Gasteiger partial charge in [0.05, 0.1) is 12.8 Å². The second-order valence-electron chi connectivity index (χ2n) is 4.55. The summed E-state index contributed by atoms with van der Waals surface area (Å²) in [5, 5.41) is 4.26. The fraction of sp³-hybridized carbons (Fsp3) is 0.357. The average molecular weight is 324 g/mol. The van der Waals surface area contributed by atoms with E-state index in [1.165, 1.54) is 0 Å². The molecule has 0 aliphatic rings. The first kappa shape index (κ1) is 17.7. The van der Waals surface area contributed by atoms with E-state index in [1.54, 1.807) is 14.0 Å². The molecule has 5 N–H and O–H groups in total. The zero-order valence-electron chi connectivity index (χ0n) is 12.5. The van der Waals surface area contributed by atoms with Gasteiger partial charge in [0.2, 0.25) is 0 Å². The Morgan fingerprint density at radius 3 is 2.50 bits per heavy atom. The molecule has 1 aromatic rings. The molecule has 7 nitrogen and oxygen atoms in total. The number of nitrogens with two attached hydrogens (primary N) is 2. The number of thiocarbonyl (C=S) groups is 1. The number of rotatable bonds is 7. The third-order valence-electron chi connectivity index (χ3n) is 2.83. The smallest absolute Gasteiger partial charge is 0.404 e. The molecule has 0 fully saturated rings. The van der Waals surface area contributed by atoms with Crippen molar-refractivity contribution in [1.29, 1.82) is 0 Å². The molecule has 0 aliphatic heterocycles. The number of hydrogen-bond acceptors (Lipinski definition) is 5. The van der Waals surface area contributed by atoms with Gasteiger partial charge in [0.1, 0.15) is 11.9 Å². The summed E-state index contributed by atoms with van der Waals surface area (Å²) in [7, 11) is 1.60. The fourth-order valence-electron chi connectivity index (χ4n) is 1.77. The van der Waals surface area contributed by atoms with E-state index in [9.17, 15) is 4.79 Å². The molecular weight excluding hydrogens is 304 g/mol. The second kappa shape index (κ2) is 8.83. The Hall–Kier alpha value is -2.35. The first-order valence-electron chi connectivity index (χ1n) is 6.65. The third kappa shape index (κ3) is 6.40. The van der Waals surface area contributed by atoms with E-state index >= 15 is 0 Å². The molecule has 0 spiro atoms. The number of nitrogens with zero attached hydrogens (tertiary/aromatic N) is 1. The number of amides is 1. The lowest BCUT2D eigenvalue weighted by Gasteiger charge is -2.13. The quantitative estimate of drug-likeness (QED) is 0.398. The van der Waals surface area contributed by atoms with Crippen LogP contribution in [0, 0.1) is 0 Å². The predicted octanol–water partition coefficient (Wildman–Crippen LogP) is 1.50. The Bertz CT molecular complexity index is 546. The summed E-state index contributed by atoms with van der Waals surface area (Å²) in [4.78, 5) is 10.7. The summed E-state index contributed by atoms with van der Waals surface area (Å²) in [5.41, 5.74) is 14.6. The van der Waals surface area contributed by atoms with Crippen LogP contribution in [0.25, 0.3) is 0 Å². The largest absolute Gasteiger partial charge is 0.497 e. The van der Waals surface area contributed by atoms with Crippen LogP contribution in [-0.2, 0) is 4.74 Å². The number of carbonyl (C=O) groups is 1. The summed E-state index contributed by atoms with van der Waals surface area (Å²) in [6.45, 7) is 1.76. The standard InChI is InChI=1S/C14H20N4O3S/c1-9(21-14(16)19)3-8-12(17-18-13(15)22)10-4-6-11(20-2)7-5-10/h4-7,9H,3,8H2,1-2H3,(H2,16,19)(H3,15,18,22). The third-order valence-corrected chi connectivity index (χ3v) is 2.92. The van der Waals surface area contributed by atoms with Crippen LogP contribution in [0.1, 0.15) is 25.3 Å². The molecule has 1 amide bonds. The highest BCUT2D eigenvalue weighted by Gasteiger charge is 2.10. The monoisotopic (exact) mass is 324 g/mol. The summed E-state index contributed by atoms with van der Waals surface area (Å²) in [6, 6.07) is 7.40. The minimum Gasteiger partial charge on any atom is -0.497 e. The number of ether oxygens (including phenoxy) is 2. The van der Waals surface area contributed by atoms with Crippen LogP contribution in [0.15, 0.2) is 29.4 Å². The maximum Gasteiger partial charge on any atom is 0.404 e. The Labute approximate surface area is 134 Å². The van der Waals surface area contributed by atoms with Crippen molar-refractivity contribution in [3.8, 4) is 5.75 Å². The molecule has 0 saturated heterocycles. The minimum atomic E-state index is -0.795. The molecule has 22 heavy (non-hydrogen) atoms. The molecule has 0 bridgehead atoms. The maximum atomic E-state index is 10.7. The topological polar surface area (TPSA) is 112 Å². The zero-order valence-corrected chi connectivity index (χ0v) is 13.4. The van der Waals surface area contributed by atoms with E-state index in [0.717, 1.165) is 17.0 Å². The number of primary amides is 1. The van der Waals surface area contributed by atoms with Crippen molar-refractivity contribution in [2.75, 3.05) is 7.11 Å². The van der Waals surface area contributed by atoms with Gasteiger partial charge in [-0.25, -0.2) is 4.79 Å². The molecule has 1 unspecified atom stereocenters. The Morgan fingerprint density at radius 2 is 2.00 bits per heavy atom. The molecule has 1 atom stereocenters. The minimum absolute atomic E-state index is 0.0763. The van der Waals surface area contributed by atoms with Gasteiger partial charge in [0.25, 0.3) is 0 Å². The van der Waals surface area contributed by atoms with E-state index in [4.69, 9.17) is 33.2 Å². The van der Waals surface area contributed by atoms with Crippen molar-refractivity contribution in [2.45, 2.75) is 25.9 Å². The zero-order chi connectivity index (χ0) is 16.5. The Morgan fingerprint density at radius 1 is 1.36 bits per heavy atom. The van der Waals surface area contributed by atoms with Gasteiger partial charge in [0.15, 0.2) is 5.11 Å². The highest BCUT2D eigenvalue weighted by molar-refractivity contribution is 7.80. The summed E-state index contributed by atoms with van der Waals surface area (Å²) >= 11 is 4.75. The van der Waals surface area contributed by atoms with Crippen LogP contribution >= 0.6 is 12.2 Å². The van der Waals surface area contributed by atoms with Crippen LogP contribution in [0.4, 0.5) is 4.79 Å². The van der Waals surface area contributed by atoms with Crippen LogP contribution in [0.3, 0.4) is 0 Å². The normalized spacial score (nSPS) is 12.4. The summed E-state index contributed by atoms with van der Waals surface area (Å²) in [5.74, 6) is 0.746. The summed E-state index contributed by atoms with van der Waals surface area (Å²) in [6.07, 6.45) is 0.00547. The Kier molecular flexibility index (Phi) is 7.11. The lowest BCUT2D eigenvalue weighted by molar-refractivity contribution is 0.112. The van der Waals surface area contributed by atoms with Gasteiger partial charge >= 0.3 is 6.09 Å². The molecule has 0 radical (unpaired) electrons. The SMILES string of the molecule is COc1ccc(C(CCC(C)OC(N)=O)=NNC(N)=S)cc1. The molecule has 0 aromatic heterocycles. The van der Waals surface area contributed by atoms with Gasteiger partial charge in [0, 0.05) is 0 Å². The molecular formula is C14H20N4O3S. The molecule has 0 saturated carbocycles. The number of benzene rings is 1. The number of nitrogens with one attached hydrogen (secondary N) is 1. The number of carbonyl (C=O) groups excluding carboxylic acids is 1. The van der Waals surface area contributed by atoms with Crippen molar-refractivity contribution >= 4 is 29.1 Å². The van der Waals surface area contributed by atoms with Gasteiger partial charge < -0.3 is 20.9 Å². The first-order chi connectivity index (χ1) is 10.4. The van der Waals surface area contributed by atoms with E-state index in [-0.39, 0.29) is 11.2 Å². The van der Waals surface area contributed by atoms with Gasteiger partial charge in [-0.05, 0) is 61.8 Å². The number of hydrogen-bond donors (Lipinski definition) is 3. The molecule has 120 valence electrons. The lowest BCUT2D eigenvalue weighted by atomic mass is 10.0. The molecule has 1 aromatic carbocycles. The van der Waals surface area contributed by atoms with E-state index in [2.05, 4.69) is 10.5 Å². The first-order valence-corrected chi connectivity index (χ1v) is 7.05. The lowest BCUT2D eigenvalue weighted by Crippen LogP contribution is -2.26. The van der Waals surface area contributed by atoms with Gasteiger partial charge in [-0.2, -0.15) is 5.10 Å². The van der Waals surface area contributed by atoms with Gasteiger partial charge in [-0.15, -0.1) is 0 Å². The summed E-state index contributed by atoms with van der Waals surface area (Å²) < 4.78 is 10.0. The van der Waals surface area contributed by atoms with Crippen LogP contribution in [0.5, 0.6) is 5.75 Å². The number of methoxy groups -OCH3 is 1. The molecule has 0 aliphatic carbocycles. The molecule has 1 rings (SSSR count). The van der Waals surface area contributed by atoms with Crippen LogP contribution in [0.2, 0.25) is 0 Å². The van der Waals surface area contributed by atoms with Crippen molar-refractivity contribution in [2.24, 2.45) is 16.6 Å². The van der Waals surface area contributed by atoms with Gasteiger partial charge in [-0.3, -0.25) is 5.43 Å². The van der Waals surface area contributed by atoms with E-state index in [0.29, 0.717) is 12.8 Å². The molecule has 8 heteroatoms. The van der Waals surface area contributed by atoms with Crippen molar-refractivity contribution in [1.82, 2.24) is 5.43 Å². The van der Waals surface area contributed by atoms with Crippen molar-refractivity contribution in [3.05, 3.63) is 29.8 Å². The van der Waals surface area contributed by atoms with Crippen molar-refractivity contribution < 1.29 is 14.3 Å². The fourth-order valence-corrected chi connectivity index (χ4v) is 1.81. The number of hydrazone groups is 1. The maximum absolute atomic E-state index is 10.7. The van der Waals surface area contributed by atoms with Gasteiger partial charge in [-0.1, -0.05) is 0 Å². The average Bonchev–Trinajstić information content (AvgIpc) is 2.46. The highest BCUT2D eigenvalue weighted by Crippen LogP contribution is 2.15.